The zero-order valence-electron chi connectivity index (χ0n) is 5.33. The van der Waals surface area contributed by atoms with E-state index in [1.165, 1.54) is 0 Å². The number of aliphatic hydroxyl groups excluding tert-OH is 1. The van der Waals surface area contributed by atoms with Crippen molar-refractivity contribution in [2.24, 2.45) is 0 Å². The van der Waals surface area contributed by atoms with Gasteiger partial charge in [0.1, 0.15) is 0 Å². The van der Waals surface area contributed by atoms with Crippen molar-refractivity contribution in [1.29, 1.82) is 0 Å². The molecular formula is C6H10O3. The molecule has 0 aliphatic heterocycles. The summed E-state index contributed by atoms with van der Waals surface area (Å²) in [4.78, 5) is 9.57. The van der Waals surface area contributed by atoms with Crippen molar-refractivity contribution in [3.05, 3.63) is 11.8 Å². The molecule has 0 fully saturated rings. The lowest BCUT2D eigenvalue weighted by atomic mass is 10.2. The molecule has 0 unspecified atom stereocenters. The van der Waals surface area contributed by atoms with Crippen LogP contribution in [0.25, 0.3) is 0 Å². The van der Waals surface area contributed by atoms with Gasteiger partial charge in [0.15, 0.2) is 0 Å². The average molecular weight is 130 g/mol. The second-order valence-corrected chi connectivity index (χ2v) is 1.69. The Morgan fingerprint density at radius 2 is 2.44 bits per heavy atom. The molecule has 0 aliphatic carbocycles. The minimum atomic E-state index is 0.340. The first-order valence-corrected chi connectivity index (χ1v) is 2.66. The van der Waals surface area contributed by atoms with Gasteiger partial charge in [0, 0.05) is 6.42 Å². The minimum Gasteiger partial charge on any atom is -0.516 e. The predicted octanol–water partition coefficient (Wildman–Crippen LogP) is 1.01. The Morgan fingerprint density at radius 3 is 2.89 bits per heavy atom. The predicted molar refractivity (Wildman–Crippen MR) is 33.0 cm³/mol. The first-order chi connectivity index (χ1) is 4.31. The van der Waals surface area contributed by atoms with Crippen LogP contribution in [0.4, 0.5) is 0 Å². The first kappa shape index (κ1) is 8.01. The summed E-state index contributed by atoms with van der Waals surface area (Å²) in [6, 6.07) is 0. The quantitative estimate of drug-likeness (QED) is 0.351. The van der Waals surface area contributed by atoms with Crippen molar-refractivity contribution in [1.82, 2.24) is 0 Å². The Balaban J connectivity index is 3.17. The van der Waals surface area contributed by atoms with Crippen LogP contribution >= 0.6 is 0 Å². The van der Waals surface area contributed by atoms with Gasteiger partial charge < -0.3 is 9.84 Å². The van der Waals surface area contributed by atoms with Crippen molar-refractivity contribution in [3.63, 3.8) is 0 Å². The molecule has 3 heteroatoms. The van der Waals surface area contributed by atoms with E-state index in [2.05, 4.69) is 4.74 Å². The van der Waals surface area contributed by atoms with Crippen LogP contribution in [0.5, 0.6) is 0 Å². The molecule has 0 aromatic rings. The Labute approximate surface area is 53.9 Å². The van der Waals surface area contributed by atoms with Crippen molar-refractivity contribution in [2.75, 3.05) is 6.61 Å². The van der Waals surface area contributed by atoms with Gasteiger partial charge in [-0.1, -0.05) is 0 Å². The van der Waals surface area contributed by atoms with Gasteiger partial charge in [-0.3, -0.25) is 4.79 Å². The van der Waals surface area contributed by atoms with Crippen LogP contribution in [0.3, 0.4) is 0 Å². The number of hydrogen-bond donors (Lipinski definition) is 1. The van der Waals surface area contributed by atoms with Gasteiger partial charge in [0.25, 0.3) is 6.47 Å². The molecule has 0 bridgehead atoms. The van der Waals surface area contributed by atoms with Gasteiger partial charge in [-0.15, -0.1) is 0 Å². The molecule has 0 aromatic carbocycles. The van der Waals surface area contributed by atoms with E-state index < -0.39 is 0 Å². The molecule has 0 atom stereocenters. The molecule has 1 N–H and O–H groups in total. The molecule has 0 amide bonds. The number of rotatable bonds is 4. The van der Waals surface area contributed by atoms with E-state index in [1.807, 2.05) is 0 Å². The van der Waals surface area contributed by atoms with E-state index in [4.69, 9.17) is 5.11 Å². The van der Waals surface area contributed by atoms with E-state index in [9.17, 15) is 4.79 Å². The van der Waals surface area contributed by atoms with Gasteiger partial charge in [-0.25, -0.2) is 0 Å². The third kappa shape index (κ3) is 4.87. The molecule has 0 radical (unpaired) electrons. The van der Waals surface area contributed by atoms with Crippen LogP contribution in [0.1, 0.15) is 13.3 Å². The van der Waals surface area contributed by atoms with Crippen LogP contribution in [-0.4, -0.2) is 18.2 Å². The van der Waals surface area contributed by atoms with Crippen LogP contribution in [-0.2, 0) is 9.53 Å². The largest absolute Gasteiger partial charge is 0.516 e. The summed E-state index contributed by atoms with van der Waals surface area (Å²) >= 11 is 0. The summed E-state index contributed by atoms with van der Waals surface area (Å²) in [5, 5.41) is 8.33. The third-order valence-corrected chi connectivity index (χ3v) is 0.903. The second kappa shape index (κ2) is 5.15. The highest BCUT2D eigenvalue weighted by Gasteiger charge is 1.87. The maximum absolute atomic E-state index is 9.57. The smallest absolute Gasteiger partial charge is 0.293 e. The normalized spacial score (nSPS) is 11.0. The number of carbonyl (C=O) groups excluding carboxylic acids is 1. The van der Waals surface area contributed by atoms with Crippen molar-refractivity contribution in [3.8, 4) is 0 Å². The first-order valence-electron chi connectivity index (χ1n) is 2.66. The van der Waals surface area contributed by atoms with Gasteiger partial charge in [-0.2, -0.15) is 0 Å². The molecule has 0 saturated carbocycles. The zero-order valence-corrected chi connectivity index (χ0v) is 5.33. The van der Waals surface area contributed by atoms with Crippen LogP contribution < -0.4 is 0 Å². The summed E-state index contributed by atoms with van der Waals surface area (Å²) in [5.41, 5.74) is 0.803. The Hall–Kier alpha value is -0.990. The summed E-state index contributed by atoms with van der Waals surface area (Å²) in [6.45, 7) is 2.49. The fourth-order valence-corrected chi connectivity index (χ4v) is 0.333. The highest BCUT2D eigenvalue weighted by molar-refractivity contribution is 5.36. The Bertz CT molecular complexity index is 107. The van der Waals surface area contributed by atoms with Gasteiger partial charge in [0.05, 0.1) is 12.9 Å². The fourth-order valence-electron chi connectivity index (χ4n) is 0.333. The van der Waals surface area contributed by atoms with Crippen LogP contribution in [0.2, 0.25) is 0 Å². The average Bonchev–Trinajstić information content (AvgIpc) is 1.89. The lowest BCUT2D eigenvalue weighted by molar-refractivity contribution is -0.128. The van der Waals surface area contributed by atoms with Crippen LogP contribution in [0.15, 0.2) is 11.8 Å². The molecule has 3 nitrogen and oxygen atoms in total. The highest BCUT2D eigenvalue weighted by Crippen LogP contribution is 1.96. The fraction of sp³-hybridized carbons (Fsp3) is 0.500. The maximum atomic E-state index is 9.57. The zero-order chi connectivity index (χ0) is 7.11. The topological polar surface area (TPSA) is 46.5 Å². The number of aliphatic hydroxyl groups is 1. The van der Waals surface area contributed by atoms with Crippen molar-refractivity contribution in [2.45, 2.75) is 13.3 Å². The summed E-state index contributed by atoms with van der Waals surface area (Å²) in [7, 11) is 0. The van der Waals surface area contributed by atoms with E-state index in [-0.39, 0.29) is 0 Å². The highest BCUT2D eigenvalue weighted by atomic mass is 16.5. The molecule has 0 aliphatic rings. The second-order valence-electron chi connectivity index (χ2n) is 1.69. The summed E-state index contributed by atoms with van der Waals surface area (Å²) < 4.78 is 4.37. The van der Waals surface area contributed by atoms with Gasteiger partial charge in [-0.05, 0) is 12.5 Å². The molecule has 0 spiro atoms. The Kier molecular flexibility index (Phi) is 4.59. The molecule has 0 saturated heterocycles. The number of hydrogen-bond acceptors (Lipinski definition) is 3. The molecule has 0 heterocycles. The number of carbonyl (C=O) groups is 1. The van der Waals surface area contributed by atoms with Crippen LogP contribution in [0, 0.1) is 0 Å². The molecule has 0 aromatic heterocycles. The summed E-state index contributed by atoms with van der Waals surface area (Å²) in [6.07, 6.45) is 1.60. The maximum Gasteiger partial charge on any atom is 0.293 e. The standard InChI is InChI=1S/C6H10O3/c1-6(4-7)2-3-9-5-8/h4-5,7H,2-3H2,1H3/b6-4+. The third-order valence-electron chi connectivity index (χ3n) is 0.903. The van der Waals surface area contributed by atoms with Gasteiger partial charge >= 0.3 is 0 Å². The van der Waals surface area contributed by atoms with E-state index in [0.29, 0.717) is 19.5 Å². The monoisotopic (exact) mass is 130 g/mol. The van der Waals surface area contributed by atoms with Crippen molar-refractivity contribution >= 4 is 6.47 Å². The lowest BCUT2D eigenvalue weighted by Crippen LogP contribution is -1.91. The minimum absolute atomic E-state index is 0.340. The lowest BCUT2D eigenvalue weighted by Gasteiger charge is -1.95. The van der Waals surface area contributed by atoms with E-state index >= 15 is 0 Å². The molecule has 0 rings (SSSR count). The molecule has 9 heavy (non-hydrogen) atoms. The SMILES string of the molecule is C/C(=C\O)CCOC=O. The van der Waals surface area contributed by atoms with E-state index in [1.54, 1.807) is 6.92 Å². The van der Waals surface area contributed by atoms with Gasteiger partial charge in [0.2, 0.25) is 0 Å². The van der Waals surface area contributed by atoms with Crippen molar-refractivity contribution < 1.29 is 14.6 Å². The summed E-state index contributed by atoms with van der Waals surface area (Å²) in [5.74, 6) is 0. The van der Waals surface area contributed by atoms with E-state index in [0.717, 1.165) is 11.8 Å². The Morgan fingerprint density at radius 1 is 1.78 bits per heavy atom. The molecular weight excluding hydrogens is 120 g/mol. The number of ether oxygens (including phenoxy) is 1. The molecule has 52 valence electrons.